The number of hydrogen-bond acceptors (Lipinski definition) is 3. The van der Waals surface area contributed by atoms with Gasteiger partial charge in [-0.1, -0.05) is 60.7 Å². The first-order chi connectivity index (χ1) is 13.2. The quantitative estimate of drug-likeness (QED) is 0.603. The van der Waals surface area contributed by atoms with Gasteiger partial charge in [-0.15, -0.1) is 0 Å². The van der Waals surface area contributed by atoms with Crippen LogP contribution in [0.3, 0.4) is 0 Å². The van der Waals surface area contributed by atoms with Crippen molar-refractivity contribution in [1.82, 2.24) is 10.6 Å². The standard InChI is InChI=1S/C23H26N2O2/c1-18(14-15-19-9-4-2-5-10-19)25-22(26)17-24-23(21-13-8-16-27-21)20-11-6-3-7-12-20/h2-13,16,18,23-24H,14-15,17H2,1H3,(H,25,26)/t18-,23-/m0/s1. The molecular weight excluding hydrogens is 336 g/mol. The number of furan rings is 1. The molecule has 0 saturated heterocycles. The van der Waals surface area contributed by atoms with Gasteiger partial charge in [-0.05, 0) is 43.0 Å². The number of carbonyl (C=O) groups is 1. The van der Waals surface area contributed by atoms with Gasteiger partial charge in [0, 0.05) is 6.04 Å². The molecule has 2 atom stereocenters. The number of carbonyl (C=O) groups excluding carboxylic acids is 1. The first-order valence-electron chi connectivity index (χ1n) is 9.37. The summed E-state index contributed by atoms with van der Waals surface area (Å²) in [5, 5.41) is 6.38. The smallest absolute Gasteiger partial charge is 0.234 e. The Balaban J connectivity index is 1.50. The zero-order chi connectivity index (χ0) is 18.9. The lowest BCUT2D eigenvalue weighted by molar-refractivity contribution is -0.121. The lowest BCUT2D eigenvalue weighted by Crippen LogP contribution is -2.40. The molecule has 0 fully saturated rings. The summed E-state index contributed by atoms with van der Waals surface area (Å²) in [5.74, 6) is 0.786. The lowest BCUT2D eigenvalue weighted by atomic mass is 10.0. The Labute approximate surface area is 160 Å². The van der Waals surface area contributed by atoms with Crippen LogP contribution in [-0.4, -0.2) is 18.5 Å². The minimum Gasteiger partial charge on any atom is -0.467 e. The Hall–Kier alpha value is -2.85. The largest absolute Gasteiger partial charge is 0.467 e. The molecule has 3 aromatic rings. The molecule has 0 aliphatic rings. The fourth-order valence-corrected chi connectivity index (χ4v) is 3.10. The predicted octanol–water partition coefficient (Wildman–Crippen LogP) is 4.10. The van der Waals surface area contributed by atoms with E-state index < -0.39 is 0 Å². The third-order valence-corrected chi connectivity index (χ3v) is 4.54. The van der Waals surface area contributed by atoms with Crippen LogP contribution in [0.5, 0.6) is 0 Å². The second kappa shape index (κ2) is 9.74. The first-order valence-corrected chi connectivity index (χ1v) is 9.37. The van der Waals surface area contributed by atoms with Crippen molar-refractivity contribution in [2.75, 3.05) is 6.54 Å². The molecule has 1 heterocycles. The summed E-state index contributed by atoms with van der Waals surface area (Å²) >= 11 is 0. The second-order valence-electron chi connectivity index (χ2n) is 6.73. The topological polar surface area (TPSA) is 54.3 Å². The Kier molecular flexibility index (Phi) is 6.83. The van der Waals surface area contributed by atoms with Crippen LogP contribution in [0.4, 0.5) is 0 Å². The molecular formula is C23H26N2O2. The summed E-state index contributed by atoms with van der Waals surface area (Å²) in [7, 11) is 0. The van der Waals surface area contributed by atoms with E-state index in [0.29, 0.717) is 0 Å². The SMILES string of the molecule is C[C@@H](CCc1ccccc1)NC(=O)CN[C@@H](c1ccccc1)c1ccco1. The zero-order valence-corrected chi connectivity index (χ0v) is 15.6. The highest BCUT2D eigenvalue weighted by atomic mass is 16.3. The third-order valence-electron chi connectivity index (χ3n) is 4.54. The van der Waals surface area contributed by atoms with Crippen molar-refractivity contribution in [3.05, 3.63) is 95.9 Å². The molecule has 0 unspecified atom stereocenters. The van der Waals surface area contributed by atoms with Crippen molar-refractivity contribution in [3.63, 3.8) is 0 Å². The third kappa shape index (κ3) is 5.83. The molecule has 3 rings (SSSR count). The van der Waals surface area contributed by atoms with Gasteiger partial charge < -0.3 is 9.73 Å². The normalized spacial score (nSPS) is 13.1. The summed E-state index contributed by atoms with van der Waals surface area (Å²) in [4.78, 5) is 12.4. The van der Waals surface area contributed by atoms with Gasteiger partial charge in [-0.3, -0.25) is 10.1 Å². The molecule has 0 bridgehead atoms. The molecule has 4 heteroatoms. The van der Waals surface area contributed by atoms with Gasteiger partial charge in [0.05, 0.1) is 18.8 Å². The highest BCUT2D eigenvalue weighted by Crippen LogP contribution is 2.21. The van der Waals surface area contributed by atoms with Crippen molar-refractivity contribution >= 4 is 5.91 Å². The summed E-state index contributed by atoms with van der Waals surface area (Å²) in [6.07, 6.45) is 3.52. The number of aryl methyl sites for hydroxylation is 1. The summed E-state index contributed by atoms with van der Waals surface area (Å²) < 4.78 is 5.56. The van der Waals surface area contributed by atoms with E-state index >= 15 is 0 Å². The summed E-state index contributed by atoms with van der Waals surface area (Å²) in [5.41, 5.74) is 2.36. The Morgan fingerprint density at radius 2 is 1.67 bits per heavy atom. The molecule has 0 aliphatic heterocycles. The Morgan fingerprint density at radius 1 is 0.963 bits per heavy atom. The first kappa shape index (κ1) is 18.9. The van der Waals surface area contributed by atoms with Gasteiger partial charge in [0.25, 0.3) is 0 Å². The minimum atomic E-state index is -0.147. The highest BCUT2D eigenvalue weighted by molar-refractivity contribution is 5.78. The van der Waals surface area contributed by atoms with Crippen LogP contribution in [0, 0.1) is 0 Å². The van der Waals surface area contributed by atoms with Crippen LogP contribution in [0.25, 0.3) is 0 Å². The maximum Gasteiger partial charge on any atom is 0.234 e. The Morgan fingerprint density at radius 3 is 2.33 bits per heavy atom. The zero-order valence-electron chi connectivity index (χ0n) is 15.6. The van der Waals surface area contributed by atoms with E-state index in [0.717, 1.165) is 24.2 Å². The monoisotopic (exact) mass is 362 g/mol. The van der Waals surface area contributed by atoms with E-state index in [1.54, 1.807) is 6.26 Å². The van der Waals surface area contributed by atoms with Gasteiger partial charge >= 0.3 is 0 Å². The van der Waals surface area contributed by atoms with Crippen molar-refractivity contribution in [2.24, 2.45) is 0 Å². The van der Waals surface area contributed by atoms with Crippen LogP contribution in [-0.2, 0) is 11.2 Å². The molecule has 2 N–H and O–H groups in total. The van der Waals surface area contributed by atoms with Gasteiger partial charge in [0.1, 0.15) is 5.76 Å². The van der Waals surface area contributed by atoms with Gasteiger partial charge in [0.2, 0.25) is 5.91 Å². The summed E-state index contributed by atoms with van der Waals surface area (Å²) in [6.45, 7) is 2.28. The maximum absolute atomic E-state index is 12.4. The fourth-order valence-electron chi connectivity index (χ4n) is 3.10. The number of benzene rings is 2. The number of amides is 1. The molecule has 0 saturated carbocycles. The van der Waals surface area contributed by atoms with Crippen LogP contribution in [0.1, 0.15) is 36.3 Å². The number of nitrogens with one attached hydrogen (secondary N) is 2. The fraction of sp³-hybridized carbons (Fsp3) is 0.261. The molecule has 0 radical (unpaired) electrons. The van der Waals surface area contributed by atoms with Gasteiger partial charge in [-0.25, -0.2) is 0 Å². The minimum absolute atomic E-state index is 0.0111. The van der Waals surface area contributed by atoms with E-state index in [9.17, 15) is 4.79 Å². The average Bonchev–Trinajstić information content (AvgIpc) is 3.23. The molecule has 0 spiro atoms. The van der Waals surface area contributed by atoms with Gasteiger partial charge in [-0.2, -0.15) is 0 Å². The van der Waals surface area contributed by atoms with Crippen molar-refractivity contribution in [3.8, 4) is 0 Å². The van der Waals surface area contributed by atoms with E-state index in [1.165, 1.54) is 5.56 Å². The van der Waals surface area contributed by atoms with E-state index in [1.807, 2.05) is 67.6 Å². The van der Waals surface area contributed by atoms with Crippen molar-refractivity contribution < 1.29 is 9.21 Å². The van der Waals surface area contributed by atoms with Crippen LogP contribution in [0.2, 0.25) is 0 Å². The molecule has 2 aromatic carbocycles. The number of hydrogen-bond donors (Lipinski definition) is 2. The Bertz CT molecular complexity index is 801. The lowest BCUT2D eigenvalue weighted by Gasteiger charge is -2.19. The molecule has 4 nitrogen and oxygen atoms in total. The molecule has 140 valence electrons. The highest BCUT2D eigenvalue weighted by Gasteiger charge is 2.18. The van der Waals surface area contributed by atoms with E-state index in [4.69, 9.17) is 4.42 Å². The second-order valence-corrected chi connectivity index (χ2v) is 6.73. The van der Waals surface area contributed by atoms with Crippen LogP contribution >= 0.6 is 0 Å². The van der Waals surface area contributed by atoms with Gasteiger partial charge in [0.15, 0.2) is 0 Å². The molecule has 1 aromatic heterocycles. The van der Waals surface area contributed by atoms with Crippen LogP contribution in [0.15, 0.2) is 83.5 Å². The van der Waals surface area contributed by atoms with Crippen LogP contribution < -0.4 is 10.6 Å². The maximum atomic E-state index is 12.4. The van der Waals surface area contributed by atoms with Crippen molar-refractivity contribution in [1.29, 1.82) is 0 Å². The molecule has 1 amide bonds. The molecule has 27 heavy (non-hydrogen) atoms. The van der Waals surface area contributed by atoms with E-state index in [-0.39, 0.29) is 24.5 Å². The molecule has 0 aliphatic carbocycles. The predicted molar refractivity (Wildman–Crippen MR) is 107 cm³/mol. The number of rotatable bonds is 9. The van der Waals surface area contributed by atoms with E-state index in [2.05, 4.69) is 22.8 Å². The summed E-state index contributed by atoms with van der Waals surface area (Å²) in [6, 6.07) is 24.1. The van der Waals surface area contributed by atoms with Crippen molar-refractivity contribution in [2.45, 2.75) is 31.8 Å². The average molecular weight is 362 g/mol.